The van der Waals surface area contributed by atoms with Gasteiger partial charge in [0.2, 0.25) is 0 Å². The first-order valence-corrected chi connectivity index (χ1v) is 8.83. The number of hydrogen-bond donors (Lipinski definition) is 0. The average Bonchev–Trinajstić information content (AvgIpc) is 3.07. The Balaban J connectivity index is 2.23. The molecule has 0 atom stereocenters. The van der Waals surface area contributed by atoms with E-state index in [1.54, 1.807) is 28.9 Å². The summed E-state index contributed by atoms with van der Waals surface area (Å²) in [6, 6.07) is 10.8. The molecule has 0 saturated heterocycles. The Hall–Kier alpha value is -1.03. The van der Waals surface area contributed by atoms with Crippen LogP contribution in [0.2, 0.25) is 10.0 Å². The fourth-order valence-corrected chi connectivity index (χ4v) is 4.02. The van der Waals surface area contributed by atoms with Crippen molar-refractivity contribution >= 4 is 54.5 Å². The molecule has 2 aromatic heterocycles. The van der Waals surface area contributed by atoms with Crippen LogP contribution in [0.3, 0.4) is 0 Å². The molecule has 3 aromatic rings. The Kier molecular flexibility index (Phi) is 4.25. The Morgan fingerprint density at radius 2 is 2.00 bits per heavy atom. The minimum atomic E-state index is -0.598. The van der Waals surface area contributed by atoms with Crippen molar-refractivity contribution in [2.75, 3.05) is 0 Å². The molecule has 0 bridgehead atoms. The predicted molar refractivity (Wildman–Crippen MR) is 86.1 cm³/mol. The fraction of sp³-hybridized carbons (Fsp3) is 0. The SMILES string of the molecule is O=C(Cl)c1cc(-c2ccc[se]2)n(-c2ccc(Cl)cc2Cl)n1. The summed E-state index contributed by atoms with van der Waals surface area (Å²) in [7, 11) is 0. The zero-order valence-electron chi connectivity index (χ0n) is 10.4. The first-order chi connectivity index (χ1) is 10.1. The van der Waals surface area contributed by atoms with Crippen molar-refractivity contribution in [1.29, 1.82) is 0 Å². The van der Waals surface area contributed by atoms with Crippen LogP contribution in [0.25, 0.3) is 15.8 Å². The third kappa shape index (κ3) is 2.96. The number of hydrogen-bond acceptors (Lipinski definition) is 2. The number of aromatic nitrogens is 2. The van der Waals surface area contributed by atoms with Crippen molar-refractivity contribution in [2.24, 2.45) is 0 Å². The van der Waals surface area contributed by atoms with Gasteiger partial charge in [0, 0.05) is 0 Å². The molecule has 3 nitrogen and oxygen atoms in total. The molecule has 0 unspecified atom stereocenters. The van der Waals surface area contributed by atoms with Gasteiger partial charge in [-0.1, -0.05) is 0 Å². The Morgan fingerprint density at radius 3 is 2.62 bits per heavy atom. The number of halogens is 3. The summed E-state index contributed by atoms with van der Waals surface area (Å²) in [6.07, 6.45) is 0. The van der Waals surface area contributed by atoms with E-state index in [1.807, 2.05) is 12.1 Å². The van der Waals surface area contributed by atoms with Gasteiger partial charge in [0.05, 0.1) is 0 Å². The summed E-state index contributed by atoms with van der Waals surface area (Å²) < 4.78 is 2.74. The summed E-state index contributed by atoms with van der Waals surface area (Å²) >= 11 is 17.9. The van der Waals surface area contributed by atoms with Crippen LogP contribution in [0.5, 0.6) is 0 Å². The second-order valence-corrected chi connectivity index (χ2v) is 7.35. The average molecular weight is 405 g/mol. The molecule has 0 aliphatic heterocycles. The van der Waals surface area contributed by atoms with Gasteiger partial charge in [-0.25, -0.2) is 0 Å². The van der Waals surface area contributed by atoms with E-state index in [9.17, 15) is 4.79 Å². The molecule has 0 fully saturated rings. The Labute approximate surface area is 141 Å². The molecule has 0 N–H and O–H groups in total. The van der Waals surface area contributed by atoms with Gasteiger partial charge in [-0.15, -0.1) is 0 Å². The van der Waals surface area contributed by atoms with Crippen LogP contribution in [-0.4, -0.2) is 29.5 Å². The summed E-state index contributed by atoms with van der Waals surface area (Å²) in [4.78, 5) is 13.5. The number of nitrogens with zero attached hydrogens (tertiary/aromatic N) is 2. The van der Waals surface area contributed by atoms with Crippen LogP contribution >= 0.6 is 34.8 Å². The summed E-state index contributed by atoms with van der Waals surface area (Å²) in [5.74, 6) is 0. The maximum atomic E-state index is 11.4. The first kappa shape index (κ1) is 14.9. The maximum absolute atomic E-state index is 11.4. The molecule has 0 aliphatic carbocycles. The van der Waals surface area contributed by atoms with Crippen LogP contribution < -0.4 is 0 Å². The van der Waals surface area contributed by atoms with Crippen LogP contribution in [0.1, 0.15) is 10.5 Å². The van der Waals surface area contributed by atoms with Crippen molar-refractivity contribution < 1.29 is 4.79 Å². The standard InChI is InChI=1S/C14H7Cl3N2OSe/c15-8-3-4-11(9(16)6-8)19-12(13-2-1-5-21-13)7-10(18-19)14(17)20/h1-7H. The molecule has 0 amide bonds. The van der Waals surface area contributed by atoms with Crippen molar-refractivity contribution in [3.63, 3.8) is 0 Å². The van der Waals surface area contributed by atoms with E-state index < -0.39 is 5.24 Å². The molecule has 0 radical (unpaired) electrons. The van der Waals surface area contributed by atoms with Gasteiger partial charge in [-0.3, -0.25) is 0 Å². The second kappa shape index (κ2) is 5.99. The number of carbonyl (C=O) groups excluding carboxylic acids is 1. The van der Waals surface area contributed by atoms with Crippen molar-refractivity contribution in [3.05, 3.63) is 57.1 Å². The Bertz CT molecular complexity index is 812. The monoisotopic (exact) mass is 404 g/mol. The minimum absolute atomic E-state index is 0.196. The summed E-state index contributed by atoms with van der Waals surface area (Å²) in [6.45, 7) is 0. The van der Waals surface area contributed by atoms with Crippen LogP contribution in [0.4, 0.5) is 0 Å². The molecular formula is C14H7Cl3N2OSe. The van der Waals surface area contributed by atoms with E-state index in [4.69, 9.17) is 34.8 Å². The zero-order chi connectivity index (χ0) is 15.0. The number of carbonyl (C=O) groups is 1. The van der Waals surface area contributed by atoms with E-state index >= 15 is 0 Å². The van der Waals surface area contributed by atoms with Crippen molar-refractivity contribution in [3.8, 4) is 15.8 Å². The van der Waals surface area contributed by atoms with Gasteiger partial charge in [0.1, 0.15) is 0 Å². The molecule has 1 aromatic carbocycles. The Morgan fingerprint density at radius 1 is 1.19 bits per heavy atom. The molecule has 0 aliphatic rings. The number of benzene rings is 1. The summed E-state index contributed by atoms with van der Waals surface area (Å²) in [5, 5.41) is 4.66. The van der Waals surface area contributed by atoms with Crippen molar-refractivity contribution in [2.45, 2.75) is 0 Å². The quantitative estimate of drug-likeness (QED) is 0.482. The molecule has 3 rings (SSSR count). The predicted octanol–water partition coefficient (Wildman–Crippen LogP) is 4.28. The van der Waals surface area contributed by atoms with Crippen molar-refractivity contribution in [1.82, 2.24) is 9.78 Å². The second-order valence-electron chi connectivity index (χ2n) is 4.17. The van der Waals surface area contributed by atoms with Gasteiger partial charge < -0.3 is 0 Å². The van der Waals surface area contributed by atoms with Gasteiger partial charge >= 0.3 is 142 Å². The normalized spacial score (nSPS) is 10.8. The zero-order valence-corrected chi connectivity index (χ0v) is 14.4. The van der Waals surface area contributed by atoms with Crippen LogP contribution in [0, 0.1) is 0 Å². The molecule has 0 saturated carbocycles. The van der Waals surface area contributed by atoms with E-state index in [2.05, 4.69) is 10.0 Å². The van der Waals surface area contributed by atoms with Crippen LogP contribution in [-0.2, 0) is 0 Å². The van der Waals surface area contributed by atoms with Gasteiger partial charge in [-0.2, -0.15) is 0 Å². The van der Waals surface area contributed by atoms with Gasteiger partial charge in [0.25, 0.3) is 0 Å². The van der Waals surface area contributed by atoms with Gasteiger partial charge in [0.15, 0.2) is 0 Å². The fourth-order valence-electron chi connectivity index (χ4n) is 1.91. The first-order valence-electron chi connectivity index (χ1n) is 5.85. The molecular weight excluding hydrogens is 397 g/mol. The molecule has 106 valence electrons. The van der Waals surface area contributed by atoms with Gasteiger partial charge in [-0.05, 0) is 0 Å². The van der Waals surface area contributed by atoms with E-state index in [1.165, 1.54) is 0 Å². The van der Waals surface area contributed by atoms with E-state index in [0.29, 0.717) is 15.7 Å². The third-order valence-corrected chi connectivity index (χ3v) is 5.43. The molecule has 21 heavy (non-hydrogen) atoms. The van der Waals surface area contributed by atoms with Crippen LogP contribution in [0.15, 0.2) is 41.3 Å². The molecule has 0 spiro atoms. The number of rotatable bonds is 3. The topological polar surface area (TPSA) is 34.9 Å². The molecule has 7 heteroatoms. The summed E-state index contributed by atoms with van der Waals surface area (Å²) in [5.41, 5.74) is 1.67. The molecule has 2 heterocycles. The third-order valence-electron chi connectivity index (χ3n) is 2.82. The van der Waals surface area contributed by atoms with E-state index in [-0.39, 0.29) is 20.2 Å². The van der Waals surface area contributed by atoms with E-state index in [0.717, 1.165) is 10.1 Å².